The summed E-state index contributed by atoms with van der Waals surface area (Å²) in [6.07, 6.45) is 3.66. The molecule has 0 saturated carbocycles. The Bertz CT molecular complexity index is 779. The maximum absolute atomic E-state index is 13.0. The van der Waals surface area contributed by atoms with Crippen LogP contribution in [0.2, 0.25) is 0 Å². The van der Waals surface area contributed by atoms with Crippen molar-refractivity contribution in [1.29, 1.82) is 0 Å². The fraction of sp³-hybridized carbons (Fsp3) is 0.458. The number of piperidine rings is 1. The molecule has 1 fully saturated rings. The minimum Gasteiger partial charge on any atom is -0.494 e. The number of nitrogens with one attached hydrogen (secondary N) is 1. The number of quaternary nitrogens is 1. The molecule has 1 aliphatic rings. The van der Waals surface area contributed by atoms with Gasteiger partial charge in [0.15, 0.2) is 6.54 Å². The molecule has 1 saturated heterocycles. The van der Waals surface area contributed by atoms with Crippen molar-refractivity contribution in [3.05, 3.63) is 59.2 Å². The molecular formula is C24H33N2O2Y+. The summed E-state index contributed by atoms with van der Waals surface area (Å²) in [5.74, 6) is 0.965. The normalized spacial score (nSPS) is 15.3. The Morgan fingerprint density at radius 1 is 1.03 bits per heavy atom. The molecule has 3 rings (SSSR count). The van der Waals surface area contributed by atoms with Gasteiger partial charge in [-0.05, 0) is 63.3 Å². The molecule has 5 heteroatoms. The second kappa shape index (κ2) is 11.2. The summed E-state index contributed by atoms with van der Waals surface area (Å²) in [5, 5.41) is 3.20. The van der Waals surface area contributed by atoms with Crippen LogP contribution in [0.15, 0.2) is 42.5 Å². The Labute approximate surface area is 200 Å². The van der Waals surface area contributed by atoms with Gasteiger partial charge in [0.2, 0.25) is 0 Å². The molecule has 153 valence electrons. The van der Waals surface area contributed by atoms with E-state index in [0.29, 0.717) is 13.2 Å². The Morgan fingerprint density at radius 2 is 1.66 bits per heavy atom. The molecule has 0 atom stereocenters. The maximum Gasteiger partial charge on any atom is 0.279 e. The number of aryl methyl sites for hydroxylation is 2. The van der Waals surface area contributed by atoms with E-state index in [2.05, 4.69) is 29.6 Å². The largest absolute Gasteiger partial charge is 0.494 e. The number of carbonyl (C=O) groups excluding carboxylic acids is 1. The summed E-state index contributed by atoms with van der Waals surface area (Å²) < 4.78 is 6.47. The third kappa shape index (κ3) is 6.63. The minimum absolute atomic E-state index is 0. The number of carbonyl (C=O) groups is 1. The van der Waals surface area contributed by atoms with Crippen LogP contribution in [0.1, 0.15) is 42.9 Å². The van der Waals surface area contributed by atoms with Crippen LogP contribution >= 0.6 is 0 Å². The van der Waals surface area contributed by atoms with Crippen LogP contribution in [0.5, 0.6) is 5.75 Å². The number of anilines is 1. The number of benzene rings is 2. The average molecular weight is 470 g/mol. The van der Waals surface area contributed by atoms with Gasteiger partial charge in [0.25, 0.3) is 5.91 Å². The summed E-state index contributed by atoms with van der Waals surface area (Å²) in [6, 6.07) is 14.6. The zero-order chi connectivity index (χ0) is 20.0. The van der Waals surface area contributed by atoms with Gasteiger partial charge in [0, 0.05) is 44.0 Å². The first-order valence-corrected chi connectivity index (χ1v) is 10.4. The third-order valence-corrected chi connectivity index (χ3v) is 5.69. The van der Waals surface area contributed by atoms with Crippen LogP contribution in [0, 0.1) is 13.8 Å². The van der Waals surface area contributed by atoms with Gasteiger partial charge in [-0.25, -0.2) is 0 Å². The summed E-state index contributed by atoms with van der Waals surface area (Å²) in [5.41, 5.74) is 4.32. The molecule has 29 heavy (non-hydrogen) atoms. The zero-order valence-electron chi connectivity index (χ0n) is 18.0. The van der Waals surface area contributed by atoms with Crippen molar-refractivity contribution in [1.82, 2.24) is 0 Å². The average Bonchev–Trinajstić information content (AvgIpc) is 2.66. The Kier molecular flexibility index (Phi) is 9.32. The fourth-order valence-corrected chi connectivity index (χ4v) is 4.38. The molecule has 4 nitrogen and oxygen atoms in total. The monoisotopic (exact) mass is 470 g/mol. The van der Waals surface area contributed by atoms with Gasteiger partial charge < -0.3 is 14.5 Å². The quantitative estimate of drug-likeness (QED) is 0.589. The molecule has 0 spiro atoms. The van der Waals surface area contributed by atoms with E-state index in [9.17, 15) is 4.79 Å². The van der Waals surface area contributed by atoms with E-state index in [1.807, 2.05) is 39.0 Å². The number of ether oxygens (including phenoxy) is 1. The Hall–Kier alpha value is -1.23. The van der Waals surface area contributed by atoms with E-state index in [4.69, 9.17) is 4.74 Å². The van der Waals surface area contributed by atoms with Crippen molar-refractivity contribution in [2.45, 2.75) is 46.6 Å². The van der Waals surface area contributed by atoms with Gasteiger partial charge in [-0.3, -0.25) is 4.79 Å². The standard InChI is InChI=1S/C24H32N2O2.Y/c1-4-28-22-15-19(2)24(20(3)16-22)25-23(27)18-26(13-9-6-10-14-26)17-21-11-7-5-8-12-21;/h5,7-8,11-12,15-16H,4,6,9-10,13-14,17-18H2,1-3H3;/p+1. The first-order valence-electron chi connectivity index (χ1n) is 10.4. The van der Waals surface area contributed by atoms with E-state index in [1.165, 1.54) is 24.8 Å². The molecule has 2 aromatic carbocycles. The second-order valence-corrected chi connectivity index (χ2v) is 8.06. The summed E-state index contributed by atoms with van der Waals surface area (Å²) in [6.45, 7) is 10.3. The minimum atomic E-state index is 0. The summed E-state index contributed by atoms with van der Waals surface area (Å²) in [4.78, 5) is 13.0. The van der Waals surface area contributed by atoms with Crippen LogP contribution in [0.3, 0.4) is 0 Å². The van der Waals surface area contributed by atoms with Gasteiger partial charge in [0.05, 0.1) is 19.7 Å². The smallest absolute Gasteiger partial charge is 0.279 e. The fourth-order valence-electron chi connectivity index (χ4n) is 4.38. The number of rotatable bonds is 7. The van der Waals surface area contributed by atoms with Gasteiger partial charge in [-0.2, -0.15) is 0 Å². The van der Waals surface area contributed by atoms with Gasteiger partial charge in [-0.15, -0.1) is 0 Å². The number of hydrogen-bond donors (Lipinski definition) is 1. The third-order valence-electron chi connectivity index (χ3n) is 5.69. The SMILES string of the molecule is CCOc1cc(C)c(NC(=O)C[N+]2(Cc3ccccc3)CCCCC2)c(C)c1.[Y]. The van der Waals surface area contributed by atoms with Crippen molar-refractivity contribution in [3.63, 3.8) is 0 Å². The number of likely N-dealkylation sites (tertiary alicyclic amines) is 1. The molecule has 0 aromatic heterocycles. The van der Waals surface area contributed by atoms with E-state index >= 15 is 0 Å². The topological polar surface area (TPSA) is 38.3 Å². The van der Waals surface area contributed by atoms with E-state index in [-0.39, 0.29) is 38.6 Å². The van der Waals surface area contributed by atoms with Crippen molar-refractivity contribution in [3.8, 4) is 5.75 Å². The predicted octanol–water partition coefficient (Wildman–Crippen LogP) is 4.84. The first kappa shape index (κ1) is 24.0. The molecule has 2 aromatic rings. The van der Waals surface area contributed by atoms with Crippen molar-refractivity contribution in [2.24, 2.45) is 0 Å². The zero-order valence-corrected chi connectivity index (χ0v) is 20.9. The first-order chi connectivity index (χ1) is 13.5. The van der Waals surface area contributed by atoms with Gasteiger partial charge >= 0.3 is 0 Å². The van der Waals surface area contributed by atoms with Crippen LogP contribution in [-0.4, -0.2) is 36.6 Å². The van der Waals surface area contributed by atoms with Crippen LogP contribution in [0.4, 0.5) is 5.69 Å². The van der Waals surface area contributed by atoms with Gasteiger partial charge in [0.1, 0.15) is 12.3 Å². The Morgan fingerprint density at radius 3 is 2.24 bits per heavy atom. The molecule has 1 amide bonds. The number of nitrogens with zero attached hydrogens (tertiary/aromatic N) is 1. The molecule has 1 N–H and O–H groups in total. The molecular weight excluding hydrogens is 437 g/mol. The molecule has 1 heterocycles. The van der Waals surface area contributed by atoms with Crippen molar-refractivity contribution in [2.75, 3.05) is 31.6 Å². The van der Waals surface area contributed by atoms with Crippen molar-refractivity contribution >= 4 is 11.6 Å². The van der Waals surface area contributed by atoms with E-state index in [0.717, 1.165) is 46.7 Å². The molecule has 1 radical (unpaired) electrons. The summed E-state index contributed by atoms with van der Waals surface area (Å²) in [7, 11) is 0. The van der Waals surface area contributed by atoms with Crippen LogP contribution < -0.4 is 10.1 Å². The summed E-state index contributed by atoms with van der Waals surface area (Å²) >= 11 is 0. The molecule has 1 aliphatic heterocycles. The second-order valence-electron chi connectivity index (χ2n) is 8.06. The number of hydrogen-bond acceptors (Lipinski definition) is 2. The van der Waals surface area contributed by atoms with Crippen LogP contribution in [0.25, 0.3) is 0 Å². The number of amides is 1. The van der Waals surface area contributed by atoms with Crippen LogP contribution in [-0.2, 0) is 44.0 Å². The maximum atomic E-state index is 13.0. The van der Waals surface area contributed by atoms with Crippen molar-refractivity contribution < 1.29 is 46.7 Å². The molecule has 0 aliphatic carbocycles. The van der Waals surface area contributed by atoms with Gasteiger partial charge in [-0.1, -0.05) is 30.3 Å². The Balaban J connectivity index is 0.00000300. The molecule has 0 bridgehead atoms. The van der Waals surface area contributed by atoms with E-state index in [1.54, 1.807) is 0 Å². The molecule has 0 unspecified atom stereocenters. The van der Waals surface area contributed by atoms with E-state index < -0.39 is 0 Å². The predicted molar refractivity (Wildman–Crippen MR) is 115 cm³/mol.